The van der Waals surface area contributed by atoms with Gasteiger partial charge in [0.2, 0.25) is 0 Å². The fourth-order valence-electron chi connectivity index (χ4n) is 3.51. The highest BCUT2D eigenvalue weighted by Gasteiger charge is 2.24. The second-order valence-corrected chi connectivity index (χ2v) is 7.51. The number of fused-ring (bicyclic) bond motifs is 1. The van der Waals surface area contributed by atoms with Crippen molar-refractivity contribution in [2.24, 2.45) is 5.92 Å². The summed E-state index contributed by atoms with van der Waals surface area (Å²) in [5, 5.41) is 4.94. The van der Waals surface area contributed by atoms with Gasteiger partial charge in [-0.2, -0.15) is 0 Å². The fourth-order valence-corrected chi connectivity index (χ4v) is 3.51. The van der Waals surface area contributed by atoms with Crippen molar-refractivity contribution in [3.8, 4) is 11.1 Å². The molecule has 0 aliphatic rings. The second-order valence-electron chi connectivity index (χ2n) is 7.51. The minimum Gasteiger partial charge on any atom is -0.467 e. The summed E-state index contributed by atoms with van der Waals surface area (Å²) in [5.41, 5.74) is 8.72. The molecule has 0 aliphatic carbocycles. The second kappa shape index (κ2) is 8.78. The van der Waals surface area contributed by atoms with Crippen LogP contribution >= 0.6 is 0 Å². The molecule has 1 atom stereocenters. The van der Waals surface area contributed by atoms with Crippen molar-refractivity contribution in [2.75, 3.05) is 12.8 Å². The lowest BCUT2D eigenvalue weighted by molar-refractivity contribution is -0.143. The maximum atomic E-state index is 13.1. The van der Waals surface area contributed by atoms with E-state index in [0.717, 1.165) is 21.9 Å². The van der Waals surface area contributed by atoms with E-state index in [2.05, 4.69) is 5.32 Å². The number of carbonyl (C=O) groups is 2. The van der Waals surface area contributed by atoms with Crippen molar-refractivity contribution in [1.82, 2.24) is 5.32 Å². The highest BCUT2D eigenvalue weighted by Crippen LogP contribution is 2.32. The van der Waals surface area contributed by atoms with Crippen LogP contribution in [0.15, 0.2) is 60.7 Å². The van der Waals surface area contributed by atoms with Gasteiger partial charge >= 0.3 is 5.97 Å². The number of esters is 1. The Bertz CT molecular complexity index is 1040. The molecular formula is C24H26N2O3. The Morgan fingerprint density at radius 2 is 1.72 bits per heavy atom. The summed E-state index contributed by atoms with van der Waals surface area (Å²) in [6, 6.07) is 18.4. The summed E-state index contributed by atoms with van der Waals surface area (Å²) >= 11 is 0. The largest absolute Gasteiger partial charge is 0.467 e. The molecule has 3 aromatic carbocycles. The monoisotopic (exact) mass is 390 g/mol. The molecule has 0 bridgehead atoms. The molecule has 0 saturated carbocycles. The van der Waals surface area contributed by atoms with E-state index in [1.165, 1.54) is 7.11 Å². The summed E-state index contributed by atoms with van der Waals surface area (Å²) in [6.45, 7) is 3.99. The van der Waals surface area contributed by atoms with Crippen molar-refractivity contribution in [3.05, 3.63) is 66.2 Å². The zero-order chi connectivity index (χ0) is 21.0. The first-order chi connectivity index (χ1) is 13.9. The van der Waals surface area contributed by atoms with E-state index < -0.39 is 12.0 Å². The van der Waals surface area contributed by atoms with Gasteiger partial charge < -0.3 is 15.8 Å². The van der Waals surface area contributed by atoms with Crippen LogP contribution < -0.4 is 11.1 Å². The molecule has 5 nitrogen and oxygen atoms in total. The lowest BCUT2D eigenvalue weighted by Gasteiger charge is -2.20. The Morgan fingerprint density at radius 1 is 1.00 bits per heavy atom. The molecule has 0 unspecified atom stereocenters. The van der Waals surface area contributed by atoms with Crippen molar-refractivity contribution in [1.29, 1.82) is 0 Å². The molecular weight excluding hydrogens is 364 g/mol. The van der Waals surface area contributed by atoms with Gasteiger partial charge in [-0.3, -0.25) is 4.79 Å². The van der Waals surface area contributed by atoms with Crippen LogP contribution in [-0.2, 0) is 9.53 Å². The van der Waals surface area contributed by atoms with Crippen molar-refractivity contribution in [2.45, 2.75) is 26.3 Å². The smallest absolute Gasteiger partial charge is 0.328 e. The van der Waals surface area contributed by atoms with Crippen LogP contribution in [-0.4, -0.2) is 25.0 Å². The van der Waals surface area contributed by atoms with E-state index in [1.54, 1.807) is 18.2 Å². The minimum absolute atomic E-state index is 0.225. The Kier molecular flexibility index (Phi) is 6.17. The molecule has 29 heavy (non-hydrogen) atoms. The van der Waals surface area contributed by atoms with Gasteiger partial charge in [-0.1, -0.05) is 56.3 Å². The predicted molar refractivity (Wildman–Crippen MR) is 117 cm³/mol. The third kappa shape index (κ3) is 4.57. The number of nitrogens with two attached hydrogens (primary N) is 1. The number of amides is 1. The molecule has 0 aliphatic heterocycles. The van der Waals surface area contributed by atoms with Crippen molar-refractivity contribution in [3.63, 3.8) is 0 Å². The molecule has 0 aromatic heterocycles. The Labute approximate surface area is 170 Å². The summed E-state index contributed by atoms with van der Waals surface area (Å²) < 4.78 is 4.87. The van der Waals surface area contributed by atoms with Gasteiger partial charge in [0.1, 0.15) is 6.04 Å². The van der Waals surface area contributed by atoms with Gasteiger partial charge in [0.15, 0.2) is 0 Å². The van der Waals surface area contributed by atoms with Crippen LogP contribution in [0.4, 0.5) is 5.69 Å². The number of carbonyl (C=O) groups excluding carboxylic acids is 2. The van der Waals surface area contributed by atoms with Crippen molar-refractivity contribution >= 4 is 28.3 Å². The SMILES string of the molecule is COC(=O)[C@@H](CC(C)C)NC(=O)c1ccc(N)cc1-c1cccc2ccccc12. The molecule has 150 valence electrons. The molecule has 3 aromatic rings. The summed E-state index contributed by atoms with van der Waals surface area (Å²) in [5.74, 6) is -0.554. The van der Waals surface area contributed by atoms with Crippen LogP contribution in [0, 0.1) is 5.92 Å². The van der Waals surface area contributed by atoms with Gasteiger partial charge in [0, 0.05) is 11.3 Å². The molecule has 0 heterocycles. The molecule has 5 heteroatoms. The number of nitrogen functional groups attached to an aromatic ring is 1. The molecule has 0 saturated heterocycles. The number of methoxy groups -OCH3 is 1. The third-order valence-electron chi connectivity index (χ3n) is 4.87. The maximum Gasteiger partial charge on any atom is 0.328 e. The van der Waals surface area contributed by atoms with Crippen LogP contribution in [0.3, 0.4) is 0 Å². The van der Waals surface area contributed by atoms with Crippen molar-refractivity contribution < 1.29 is 14.3 Å². The van der Waals surface area contributed by atoms with Crippen LogP contribution in [0.25, 0.3) is 21.9 Å². The quantitative estimate of drug-likeness (QED) is 0.483. The highest BCUT2D eigenvalue weighted by atomic mass is 16.5. The van der Waals surface area contributed by atoms with Gasteiger partial charge in [-0.25, -0.2) is 4.79 Å². The first-order valence-corrected chi connectivity index (χ1v) is 9.67. The molecule has 0 spiro atoms. The molecule has 0 radical (unpaired) electrons. The third-order valence-corrected chi connectivity index (χ3v) is 4.87. The van der Waals surface area contributed by atoms with Crippen LogP contribution in [0.1, 0.15) is 30.6 Å². The van der Waals surface area contributed by atoms with E-state index in [4.69, 9.17) is 10.5 Å². The van der Waals surface area contributed by atoms with E-state index >= 15 is 0 Å². The molecule has 3 rings (SSSR count). The highest BCUT2D eigenvalue weighted by molar-refractivity contribution is 6.07. The first-order valence-electron chi connectivity index (χ1n) is 9.67. The Balaban J connectivity index is 2.05. The predicted octanol–water partition coefficient (Wildman–Crippen LogP) is 4.41. The van der Waals surface area contributed by atoms with Crippen LogP contribution in [0.5, 0.6) is 0 Å². The van der Waals surface area contributed by atoms with Crippen LogP contribution in [0.2, 0.25) is 0 Å². The average molecular weight is 390 g/mol. The number of anilines is 1. The number of rotatable bonds is 6. The lowest BCUT2D eigenvalue weighted by atomic mass is 9.93. The maximum absolute atomic E-state index is 13.1. The van der Waals surface area contributed by atoms with Gasteiger partial charge in [-0.05, 0) is 52.4 Å². The Hall–Kier alpha value is -3.34. The zero-order valence-corrected chi connectivity index (χ0v) is 16.9. The summed E-state index contributed by atoms with van der Waals surface area (Å²) in [6.07, 6.45) is 0.497. The van der Waals surface area contributed by atoms with E-state index in [-0.39, 0.29) is 11.8 Å². The minimum atomic E-state index is -0.703. The molecule has 3 N–H and O–H groups in total. The van der Waals surface area contributed by atoms with Gasteiger partial charge in [0.25, 0.3) is 5.91 Å². The molecule has 0 fully saturated rings. The standard InChI is InChI=1S/C24H26N2O3/c1-15(2)13-22(24(28)29-3)26-23(27)20-12-11-17(25)14-21(20)19-10-6-8-16-7-4-5-9-18(16)19/h4-12,14-15,22H,13,25H2,1-3H3,(H,26,27)/t22-/m1/s1. The number of hydrogen-bond acceptors (Lipinski definition) is 4. The molecule has 1 amide bonds. The summed E-state index contributed by atoms with van der Waals surface area (Å²) in [4.78, 5) is 25.3. The van der Waals surface area contributed by atoms with Gasteiger partial charge in [-0.15, -0.1) is 0 Å². The first kappa shape index (κ1) is 20.4. The number of benzene rings is 3. The number of ether oxygens (including phenoxy) is 1. The number of hydrogen-bond donors (Lipinski definition) is 2. The van der Waals surface area contributed by atoms with Gasteiger partial charge in [0.05, 0.1) is 7.11 Å². The Morgan fingerprint density at radius 3 is 2.45 bits per heavy atom. The summed E-state index contributed by atoms with van der Waals surface area (Å²) in [7, 11) is 1.33. The normalized spacial score (nSPS) is 12.0. The number of nitrogens with one attached hydrogen (secondary N) is 1. The van der Waals surface area contributed by atoms with E-state index in [0.29, 0.717) is 17.7 Å². The zero-order valence-electron chi connectivity index (χ0n) is 16.9. The van der Waals surface area contributed by atoms with E-state index in [1.807, 2.05) is 56.3 Å². The average Bonchev–Trinajstić information content (AvgIpc) is 2.71. The fraction of sp³-hybridized carbons (Fsp3) is 0.250. The lowest BCUT2D eigenvalue weighted by Crippen LogP contribution is -2.42. The topological polar surface area (TPSA) is 81.4 Å². The van der Waals surface area contributed by atoms with E-state index in [9.17, 15) is 9.59 Å².